The predicted octanol–water partition coefficient (Wildman–Crippen LogP) is 3.56. The van der Waals surface area contributed by atoms with Gasteiger partial charge in [-0.05, 0) is 36.5 Å². The number of carbonyl (C=O) groups is 1. The van der Waals surface area contributed by atoms with Gasteiger partial charge >= 0.3 is 5.97 Å². The smallest absolute Gasteiger partial charge is 0.306 e. The lowest BCUT2D eigenvalue weighted by atomic mass is 9.67. The van der Waals surface area contributed by atoms with Crippen LogP contribution in [0.25, 0.3) is 0 Å². The van der Waals surface area contributed by atoms with Crippen molar-refractivity contribution >= 4 is 5.97 Å². The molecular weight excluding hydrogens is 280 g/mol. The first-order chi connectivity index (χ1) is 10.2. The van der Waals surface area contributed by atoms with Crippen LogP contribution in [0, 0.1) is 17.3 Å². The van der Waals surface area contributed by atoms with Gasteiger partial charge in [0.15, 0.2) is 0 Å². The third-order valence-corrected chi connectivity index (χ3v) is 4.90. The molecule has 3 atom stereocenters. The molecule has 4 nitrogen and oxygen atoms in total. The van der Waals surface area contributed by atoms with E-state index >= 15 is 0 Å². The van der Waals surface area contributed by atoms with E-state index in [9.17, 15) is 9.90 Å². The van der Waals surface area contributed by atoms with E-state index < -0.39 is 6.10 Å². The largest absolute Gasteiger partial charge is 0.463 e. The molecule has 1 fully saturated rings. The summed E-state index contributed by atoms with van der Waals surface area (Å²) in [5.41, 5.74) is 0.331. The Morgan fingerprint density at radius 2 is 1.95 bits per heavy atom. The third kappa shape index (κ3) is 6.66. The van der Waals surface area contributed by atoms with Crippen molar-refractivity contribution in [1.82, 2.24) is 0 Å². The van der Waals surface area contributed by atoms with E-state index in [2.05, 4.69) is 20.8 Å². The summed E-state index contributed by atoms with van der Waals surface area (Å²) in [6.45, 7) is 11.1. The second kappa shape index (κ2) is 8.88. The van der Waals surface area contributed by atoms with E-state index in [1.165, 1.54) is 12.8 Å². The highest BCUT2D eigenvalue weighted by atomic mass is 16.5. The summed E-state index contributed by atoms with van der Waals surface area (Å²) in [5, 5.41) is 9.90. The van der Waals surface area contributed by atoms with E-state index in [1.807, 2.05) is 13.8 Å². The van der Waals surface area contributed by atoms with Crippen molar-refractivity contribution in [2.24, 2.45) is 17.3 Å². The van der Waals surface area contributed by atoms with Crippen LogP contribution in [0.5, 0.6) is 0 Å². The number of hydrogen-bond donors (Lipinski definition) is 1. The SMILES string of the molecule is CC(C)CC(=O)OCC(O)COC1CCCC(C)(C(C)C)C1. The summed E-state index contributed by atoms with van der Waals surface area (Å²) in [5.74, 6) is 0.664. The second-order valence-electron chi connectivity index (χ2n) is 7.80. The first-order valence-electron chi connectivity index (χ1n) is 8.68. The van der Waals surface area contributed by atoms with Gasteiger partial charge in [-0.1, -0.05) is 41.0 Å². The van der Waals surface area contributed by atoms with E-state index in [0.29, 0.717) is 17.8 Å². The molecule has 0 amide bonds. The van der Waals surface area contributed by atoms with Gasteiger partial charge in [0.1, 0.15) is 12.7 Å². The van der Waals surface area contributed by atoms with Crippen LogP contribution in [0.15, 0.2) is 0 Å². The van der Waals surface area contributed by atoms with E-state index in [0.717, 1.165) is 12.8 Å². The molecule has 1 saturated carbocycles. The quantitative estimate of drug-likeness (QED) is 0.696. The van der Waals surface area contributed by atoms with E-state index in [-0.39, 0.29) is 31.2 Å². The highest BCUT2D eigenvalue weighted by Crippen LogP contribution is 2.42. The van der Waals surface area contributed by atoms with Gasteiger partial charge in [-0.25, -0.2) is 0 Å². The van der Waals surface area contributed by atoms with Gasteiger partial charge in [-0.15, -0.1) is 0 Å². The lowest BCUT2D eigenvalue weighted by Gasteiger charge is -2.41. The highest BCUT2D eigenvalue weighted by molar-refractivity contribution is 5.69. The summed E-state index contributed by atoms with van der Waals surface area (Å²) in [7, 11) is 0. The molecule has 130 valence electrons. The molecule has 0 aromatic rings. The minimum atomic E-state index is -0.733. The molecule has 0 bridgehead atoms. The Balaban J connectivity index is 2.26. The maximum Gasteiger partial charge on any atom is 0.306 e. The number of aliphatic hydroxyl groups excluding tert-OH is 1. The summed E-state index contributed by atoms with van der Waals surface area (Å²) in [6, 6.07) is 0. The maximum atomic E-state index is 11.4. The Bertz CT molecular complexity index is 340. The first kappa shape index (κ1) is 19.4. The Kier molecular flexibility index (Phi) is 7.84. The predicted molar refractivity (Wildman–Crippen MR) is 87.6 cm³/mol. The molecule has 0 aromatic heterocycles. The molecule has 0 saturated heterocycles. The van der Waals surface area contributed by atoms with Crippen molar-refractivity contribution in [3.8, 4) is 0 Å². The molecule has 1 rings (SSSR count). The van der Waals surface area contributed by atoms with Gasteiger partial charge in [-0.2, -0.15) is 0 Å². The van der Waals surface area contributed by atoms with Gasteiger partial charge in [0.25, 0.3) is 0 Å². The molecule has 1 aliphatic rings. The van der Waals surface area contributed by atoms with Crippen molar-refractivity contribution in [1.29, 1.82) is 0 Å². The van der Waals surface area contributed by atoms with Gasteiger partial charge in [0.05, 0.1) is 12.7 Å². The normalized spacial score (nSPS) is 27.2. The third-order valence-electron chi connectivity index (χ3n) is 4.90. The van der Waals surface area contributed by atoms with E-state index in [1.54, 1.807) is 0 Å². The minimum absolute atomic E-state index is 0.0275. The van der Waals surface area contributed by atoms with Crippen LogP contribution < -0.4 is 0 Å². The molecule has 0 heterocycles. The van der Waals surface area contributed by atoms with Crippen molar-refractivity contribution in [3.05, 3.63) is 0 Å². The van der Waals surface area contributed by atoms with Gasteiger partial charge in [0, 0.05) is 6.42 Å². The molecule has 22 heavy (non-hydrogen) atoms. The van der Waals surface area contributed by atoms with E-state index in [4.69, 9.17) is 9.47 Å². The zero-order valence-corrected chi connectivity index (χ0v) is 14.9. The lowest BCUT2D eigenvalue weighted by Crippen LogP contribution is -2.36. The molecule has 0 aliphatic heterocycles. The Morgan fingerprint density at radius 1 is 1.27 bits per heavy atom. The van der Waals surface area contributed by atoms with Crippen LogP contribution in [-0.4, -0.2) is 36.5 Å². The molecule has 0 radical (unpaired) electrons. The highest BCUT2D eigenvalue weighted by Gasteiger charge is 2.35. The fourth-order valence-electron chi connectivity index (χ4n) is 3.00. The number of esters is 1. The topological polar surface area (TPSA) is 55.8 Å². The molecule has 0 spiro atoms. The number of hydrogen-bond acceptors (Lipinski definition) is 4. The summed E-state index contributed by atoms with van der Waals surface area (Å²) >= 11 is 0. The Morgan fingerprint density at radius 3 is 2.55 bits per heavy atom. The standard InChI is InChI=1S/C18H34O4/c1-13(2)9-17(20)22-12-15(19)11-21-16-7-6-8-18(5,10-16)14(3)4/h13-16,19H,6-12H2,1-5H3. The van der Waals surface area contributed by atoms with Gasteiger partial charge in [-0.3, -0.25) is 4.79 Å². The molecular formula is C18H34O4. The van der Waals surface area contributed by atoms with Crippen molar-refractivity contribution in [3.63, 3.8) is 0 Å². The molecule has 3 unspecified atom stereocenters. The Labute approximate surface area is 135 Å². The fourth-order valence-corrected chi connectivity index (χ4v) is 3.00. The van der Waals surface area contributed by atoms with Crippen LogP contribution in [-0.2, 0) is 14.3 Å². The van der Waals surface area contributed by atoms with Crippen LogP contribution in [0.3, 0.4) is 0 Å². The van der Waals surface area contributed by atoms with Crippen LogP contribution in [0.2, 0.25) is 0 Å². The number of ether oxygens (including phenoxy) is 2. The summed E-state index contributed by atoms with van der Waals surface area (Å²) in [4.78, 5) is 11.4. The van der Waals surface area contributed by atoms with Crippen LogP contribution in [0.1, 0.15) is 66.7 Å². The second-order valence-corrected chi connectivity index (χ2v) is 7.80. The lowest BCUT2D eigenvalue weighted by molar-refractivity contribution is -0.149. The monoisotopic (exact) mass is 314 g/mol. The van der Waals surface area contributed by atoms with Crippen LogP contribution >= 0.6 is 0 Å². The average molecular weight is 314 g/mol. The van der Waals surface area contributed by atoms with Crippen LogP contribution in [0.4, 0.5) is 0 Å². The molecule has 1 N–H and O–H groups in total. The average Bonchev–Trinajstić information content (AvgIpc) is 2.42. The number of carbonyl (C=O) groups excluding carboxylic acids is 1. The molecule has 0 aromatic carbocycles. The fraction of sp³-hybridized carbons (Fsp3) is 0.944. The van der Waals surface area contributed by atoms with Gasteiger partial charge < -0.3 is 14.6 Å². The van der Waals surface area contributed by atoms with Crippen molar-refractivity contribution in [2.75, 3.05) is 13.2 Å². The molecule has 4 heteroatoms. The zero-order valence-electron chi connectivity index (χ0n) is 14.9. The zero-order chi connectivity index (χ0) is 16.8. The minimum Gasteiger partial charge on any atom is -0.463 e. The summed E-state index contributed by atoms with van der Waals surface area (Å²) in [6.07, 6.45) is 4.40. The molecule has 1 aliphatic carbocycles. The van der Waals surface area contributed by atoms with Crippen molar-refractivity contribution in [2.45, 2.75) is 78.9 Å². The Hall–Kier alpha value is -0.610. The maximum absolute atomic E-state index is 11.4. The van der Waals surface area contributed by atoms with Gasteiger partial charge in [0.2, 0.25) is 0 Å². The first-order valence-corrected chi connectivity index (χ1v) is 8.68. The number of rotatable bonds is 8. The van der Waals surface area contributed by atoms with Crippen molar-refractivity contribution < 1.29 is 19.4 Å². The number of aliphatic hydroxyl groups is 1. The summed E-state index contributed by atoms with van der Waals surface area (Å²) < 4.78 is 10.9.